The first-order chi connectivity index (χ1) is 20.2. The Morgan fingerprint density at radius 2 is 1.00 bits per heavy atom. The Morgan fingerprint density at radius 3 is 1.38 bits per heavy atom. The van der Waals surface area contributed by atoms with E-state index in [1.165, 1.54) is 0 Å². The fraction of sp³-hybridized carbons (Fsp3) is 0.400. The summed E-state index contributed by atoms with van der Waals surface area (Å²) in [6, 6.07) is 13.3. The predicted octanol–water partition coefficient (Wildman–Crippen LogP) is 2.82. The van der Waals surface area contributed by atoms with E-state index in [4.69, 9.17) is 19.3 Å². The van der Waals surface area contributed by atoms with Crippen LogP contribution in [0, 0.1) is 11.8 Å². The zero-order valence-corrected chi connectivity index (χ0v) is 23.1. The molecule has 1 aliphatic rings. The number of rotatable bonds is 11. The van der Waals surface area contributed by atoms with Gasteiger partial charge in [0.1, 0.15) is 11.5 Å². The summed E-state index contributed by atoms with van der Waals surface area (Å²) in [5.74, 6) is -5.75. The third-order valence-corrected chi connectivity index (χ3v) is 6.54. The molecule has 1 aliphatic carbocycles. The second-order valence-corrected chi connectivity index (χ2v) is 9.48. The molecule has 0 spiro atoms. The van der Waals surface area contributed by atoms with Crippen LogP contribution in [0.25, 0.3) is 0 Å². The van der Waals surface area contributed by atoms with Gasteiger partial charge in [-0.1, -0.05) is 24.3 Å². The number of esters is 5. The molecule has 0 aromatic heterocycles. The number of aliphatic carboxylic acids is 1. The second kappa shape index (κ2) is 15.9. The Kier molecular flexibility index (Phi) is 12.0. The van der Waals surface area contributed by atoms with Gasteiger partial charge in [-0.2, -0.15) is 0 Å². The molecule has 12 nitrogen and oxygen atoms in total. The molecule has 1 N–H and O–H groups in total. The molecule has 42 heavy (non-hydrogen) atoms. The van der Waals surface area contributed by atoms with Crippen molar-refractivity contribution in [2.24, 2.45) is 11.8 Å². The van der Waals surface area contributed by atoms with Gasteiger partial charge in [0.25, 0.3) is 0 Å². The van der Waals surface area contributed by atoms with Crippen LogP contribution in [0.4, 0.5) is 0 Å². The number of carboxylic acids is 1. The highest BCUT2D eigenvalue weighted by atomic mass is 16.6. The second-order valence-electron chi connectivity index (χ2n) is 9.48. The number of hydrogen-bond acceptors (Lipinski definition) is 11. The number of benzene rings is 2. The van der Waals surface area contributed by atoms with Crippen molar-refractivity contribution in [1.82, 2.24) is 0 Å². The maximum Gasteiger partial charge on any atom is 0.417 e. The Morgan fingerprint density at radius 1 is 0.619 bits per heavy atom. The zero-order valence-electron chi connectivity index (χ0n) is 23.1. The molecule has 0 bridgehead atoms. The molecule has 2 aromatic rings. The summed E-state index contributed by atoms with van der Waals surface area (Å²) < 4.78 is 25.0. The minimum atomic E-state index is -1.65. The topological polar surface area (TPSA) is 169 Å². The molecule has 0 amide bonds. The summed E-state index contributed by atoms with van der Waals surface area (Å²) in [6.07, 6.45) is 2.61. The van der Waals surface area contributed by atoms with Crippen LogP contribution in [0.15, 0.2) is 48.5 Å². The van der Waals surface area contributed by atoms with E-state index in [1.807, 2.05) is 0 Å². The first-order valence-electron chi connectivity index (χ1n) is 13.5. The first kappa shape index (κ1) is 31.8. The van der Waals surface area contributed by atoms with Crippen molar-refractivity contribution < 1.29 is 57.6 Å². The van der Waals surface area contributed by atoms with E-state index < -0.39 is 23.9 Å². The third kappa shape index (κ3) is 10.0. The van der Waals surface area contributed by atoms with Crippen LogP contribution in [0.5, 0.6) is 11.5 Å². The summed E-state index contributed by atoms with van der Waals surface area (Å²) in [7, 11) is 0. The average molecular weight is 585 g/mol. The van der Waals surface area contributed by atoms with E-state index in [9.17, 15) is 28.8 Å². The zero-order chi connectivity index (χ0) is 30.5. The molecule has 0 radical (unpaired) electrons. The van der Waals surface area contributed by atoms with Crippen molar-refractivity contribution >= 4 is 35.8 Å². The van der Waals surface area contributed by atoms with Crippen molar-refractivity contribution in [3.05, 3.63) is 59.7 Å². The van der Waals surface area contributed by atoms with Gasteiger partial charge in [0.15, 0.2) is 0 Å². The van der Waals surface area contributed by atoms with Crippen LogP contribution in [0.3, 0.4) is 0 Å². The maximum absolute atomic E-state index is 12.7. The van der Waals surface area contributed by atoms with Crippen LogP contribution >= 0.6 is 0 Å². The monoisotopic (exact) mass is 584 g/mol. The molecule has 0 heterocycles. The molecule has 12 heteroatoms. The van der Waals surface area contributed by atoms with Gasteiger partial charge >= 0.3 is 35.8 Å². The van der Waals surface area contributed by atoms with E-state index in [0.29, 0.717) is 50.0 Å². The maximum atomic E-state index is 12.7. The lowest BCUT2D eigenvalue weighted by Crippen LogP contribution is -2.30. The minimum absolute atomic E-state index is 0.00253. The van der Waals surface area contributed by atoms with Crippen molar-refractivity contribution in [3.8, 4) is 11.5 Å². The molecular weight excluding hydrogens is 552 g/mol. The van der Waals surface area contributed by atoms with Crippen LogP contribution in [-0.2, 0) is 55.8 Å². The van der Waals surface area contributed by atoms with E-state index >= 15 is 0 Å². The van der Waals surface area contributed by atoms with E-state index in [1.54, 1.807) is 55.5 Å². The van der Waals surface area contributed by atoms with E-state index in [0.717, 1.165) is 11.1 Å². The van der Waals surface area contributed by atoms with Crippen molar-refractivity contribution in [1.29, 1.82) is 0 Å². The van der Waals surface area contributed by atoms with Crippen molar-refractivity contribution in [3.63, 3.8) is 0 Å². The van der Waals surface area contributed by atoms with Gasteiger partial charge in [0, 0.05) is 12.8 Å². The lowest BCUT2D eigenvalue weighted by atomic mass is 9.82. The molecule has 224 valence electrons. The van der Waals surface area contributed by atoms with Crippen molar-refractivity contribution in [2.75, 3.05) is 19.8 Å². The molecule has 3 rings (SSSR count). The molecule has 1 fully saturated rings. The fourth-order valence-corrected chi connectivity index (χ4v) is 4.25. The van der Waals surface area contributed by atoms with Gasteiger partial charge in [-0.3, -0.25) is 9.59 Å². The van der Waals surface area contributed by atoms with E-state index in [-0.39, 0.29) is 43.6 Å². The largest absolute Gasteiger partial charge is 0.473 e. The molecule has 0 atom stereocenters. The Hall–Kier alpha value is -4.74. The third-order valence-electron chi connectivity index (χ3n) is 6.54. The summed E-state index contributed by atoms with van der Waals surface area (Å²) in [5, 5.41) is 8.51. The fourth-order valence-electron chi connectivity index (χ4n) is 4.25. The SMILES string of the molecule is CCOC(=O)C(=O)OCCc1ccc(OC(=O)C2CCC(C(=O)Oc3ccc(CCOC(=O)C(=O)O)cc3)CC2)cc1. The molecule has 0 saturated heterocycles. The van der Waals surface area contributed by atoms with Gasteiger partial charge in [-0.05, 0) is 68.0 Å². The number of hydrogen-bond donors (Lipinski definition) is 1. The van der Waals surface area contributed by atoms with Gasteiger partial charge in [-0.25, -0.2) is 19.2 Å². The lowest BCUT2D eigenvalue weighted by molar-refractivity contribution is -0.167. The number of carbonyl (C=O) groups is 6. The highest BCUT2D eigenvalue weighted by molar-refractivity contribution is 6.29. The predicted molar refractivity (Wildman–Crippen MR) is 143 cm³/mol. The number of carbonyl (C=O) groups excluding carboxylic acids is 5. The van der Waals surface area contributed by atoms with Crippen LogP contribution < -0.4 is 9.47 Å². The molecule has 1 saturated carbocycles. The van der Waals surface area contributed by atoms with Gasteiger partial charge in [0.2, 0.25) is 0 Å². The number of ether oxygens (including phenoxy) is 5. The standard InChI is InChI=1S/C30H32O12/c1-2-38-29(36)30(37)40-18-16-20-5-13-24(14-6-20)42-27(34)22-9-7-21(8-10-22)26(33)41-23-11-3-19(4-12-23)15-17-39-28(35)25(31)32/h3-6,11-14,21-22H,2,7-10,15-18H2,1H3,(H,31,32). The smallest absolute Gasteiger partial charge is 0.417 e. The first-order valence-corrected chi connectivity index (χ1v) is 13.5. The molecule has 2 aromatic carbocycles. The summed E-state index contributed by atoms with van der Waals surface area (Å²) in [6.45, 7) is 1.59. The Bertz CT molecular complexity index is 1260. The van der Waals surface area contributed by atoms with Crippen LogP contribution in [0.1, 0.15) is 43.7 Å². The molecule has 0 unspecified atom stereocenters. The van der Waals surface area contributed by atoms with Gasteiger partial charge in [0.05, 0.1) is 31.7 Å². The van der Waals surface area contributed by atoms with Gasteiger partial charge < -0.3 is 28.8 Å². The Balaban J connectivity index is 1.36. The summed E-state index contributed by atoms with van der Waals surface area (Å²) in [5.41, 5.74) is 1.60. The highest BCUT2D eigenvalue weighted by Crippen LogP contribution is 2.31. The quantitative estimate of drug-likeness (QED) is 0.178. The summed E-state index contributed by atoms with van der Waals surface area (Å²) >= 11 is 0. The highest BCUT2D eigenvalue weighted by Gasteiger charge is 2.32. The Labute approximate surface area is 241 Å². The summed E-state index contributed by atoms with van der Waals surface area (Å²) in [4.78, 5) is 69.4. The molecular formula is C30H32O12. The molecule has 0 aliphatic heterocycles. The van der Waals surface area contributed by atoms with Gasteiger partial charge in [-0.15, -0.1) is 0 Å². The van der Waals surface area contributed by atoms with Crippen LogP contribution in [0.2, 0.25) is 0 Å². The van der Waals surface area contributed by atoms with Crippen molar-refractivity contribution in [2.45, 2.75) is 45.4 Å². The average Bonchev–Trinajstić information content (AvgIpc) is 2.98. The van der Waals surface area contributed by atoms with Crippen LogP contribution in [-0.4, -0.2) is 60.7 Å². The number of carboxylic acid groups (broad SMARTS) is 1. The lowest BCUT2D eigenvalue weighted by Gasteiger charge is -2.25. The van der Waals surface area contributed by atoms with E-state index in [2.05, 4.69) is 9.47 Å². The minimum Gasteiger partial charge on any atom is -0.473 e. The normalized spacial score (nSPS) is 16.0.